The first-order valence-corrected chi connectivity index (χ1v) is 31.4. The van der Waals surface area contributed by atoms with E-state index in [4.69, 9.17) is 13.8 Å². The number of nitrogens with zero attached hydrogens (tertiary/aromatic N) is 1. The predicted octanol–water partition coefficient (Wildman–Crippen LogP) is 18.2. The van der Waals surface area contributed by atoms with Crippen molar-refractivity contribution in [3.63, 3.8) is 0 Å². The van der Waals surface area contributed by atoms with Gasteiger partial charge in [-0.1, -0.05) is 235 Å². The lowest BCUT2D eigenvalue weighted by molar-refractivity contribution is -0.870. The normalized spacial score (nSPS) is 14.3. The van der Waals surface area contributed by atoms with E-state index < -0.39 is 20.0 Å². The molecule has 2 N–H and O–H groups in total. The van der Waals surface area contributed by atoms with E-state index >= 15 is 0 Å². The highest BCUT2D eigenvalue weighted by molar-refractivity contribution is 7.47. The Balaban J connectivity index is 5.39. The van der Waals surface area contributed by atoms with Crippen molar-refractivity contribution < 1.29 is 37.3 Å². The molecule has 0 heterocycles. The van der Waals surface area contributed by atoms with Crippen molar-refractivity contribution in [2.75, 3.05) is 40.9 Å². The Morgan fingerprint density at radius 3 is 1.34 bits per heavy atom. The number of esters is 1. The van der Waals surface area contributed by atoms with E-state index in [2.05, 4.69) is 92.9 Å². The topological polar surface area (TPSA) is 111 Å². The van der Waals surface area contributed by atoms with Crippen LogP contribution in [0, 0.1) is 0 Å². The highest BCUT2D eigenvalue weighted by Gasteiger charge is 2.30. The number of phosphoric acid groups is 1. The lowest BCUT2D eigenvalue weighted by Gasteiger charge is -2.27. The van der Waals surface area contributed by atoms with E-state index in [-0.39, 0.29) is 37.9 Å². The molecule has 9 nitrogen and oxygen atoms in total. The highest BCUT2D eigenvalue weighted by atomic mass is 31.2. The van der Waals surface area contributed by atoms with Crippen molar-refractivity contribution in [2.24, 2.45) is 0 Å². The Morgan fingerprint density at radius 1 is 0.493 bits per heavy atom. The molecule has 3 atom stereocenters. The third kappa shape index (κ3) is 53.8. The number of likely N-dealkylation sites (N-methyl/N-ethyl adjacent to an activating group) is 1. The standard InChI is InChI=1S/C63H113N2O7P/c1-7-10-13-16-19-22-25-28-30-32-33-34-36-38-41-44-47-50-53-56-63(67)72-61(54-51-48-45-42-39-27-24-21-18-15-12-9-3)60(59-71-73(68,69)70-58-57-65(4,5)6)64-62(66)55-52-49-46-43-40-37-35-31-29-26-23-20-17-14-11-8-2/h11,14,20,23,28-31,37,40,46,49,51,54,60-61H,7-10,12-13,15-19,21-22,24-27,32-36,38-39,41-45,47-48,50,52-53,55-59H2,1-6H3,(H-,64,66,68,69)/p+1/b14-11+,23-20+,30-28+,31-29+,40-37+,49-46+,54-51+. The minimum atomic E-state index is -4.47. The summed E-state index contributed by atoms with van der Waals surface area (Å²) in [4.78, 5) is 37.6. The zero-order valence-electron chi connectivity index (χ0n) is 48.1. The number of carbonyl (C=O) groups excluding carboxylic acids is 2. The van der Waals surface area contributed by atoms with Crippen molar-refractivity contribution in [3.8, 4) is 0 Å². The maximum Gasteiger partial charge on any atom is 0.472 e. The summed E-state index contributed by atoms with van der Waals surface area (Å²) in [5, 5.41) is 3.00. The van der Waals surface area contributed by atoms with E-state index in [0.717, 1.165) is 70.6 Å². The molecule has 0 aromatic heterocycles. The average molecular weight is 1040 g/mol. The predicted molar refractivity (Wildman–Crippen MR) is 314 cm³/mol. The summed E-state index contributed by atoms with van der Waals surface area (Å²) in [6.07, 6.45) is 68.8. The molecular weight excluding hydrogens is 928 g/mol. The van der Waals surface area contributed by atoms with Crippen LogP contribution in [0.15, 0.2) is 85.1 Å². The lowest BCUT2D eigenvalue weighted by atomic mass is 10.0. The van der Waals surface area contributed by atoms with Gasteiger partial charge in [-0.15, -0.1) is 0 Å². The Labute approximate surface area is 450 Å². The van der Waals surface area contributed by atoms with Crippen LogP contribution in [-0.2, 0) is 27.9 Å². The van der Waals surface area contributed by atoms with Gasteiger partial charge in [0.25, 0.3) is 0 Å². The first-order chi connectivity index (χ1) is 35.4. The van der Waals surface area contributed by atoms with Crippen molar-refractivity contribution in [2.45, 2.75) is 264 Å². The SMILES string of the molecule is CC/C=C/C/C=C/C/C=C/C/C=C/C/C=C/CCC(=O)NC(COP(=O)(O)OCC[N+](C)(C)C)C(/C=C/CCCCCCCCCCCC)OC(=O)CCCCCCCCCCC/C=C/CCCCCCCC. The van der Waals surface area contributed by atoms with Gasteiger partial charge in [-0.3, -0.25) is 18.6 Å². The number of quaternary nitrogens is 1. The number of unbranched alkanes of at least 4 members (excludes halogenated alkanes) is 25. The summed E-state index contributed by atoms with van der Waals surface area (Å²) in [7, 11) is 1.44. The van der Waals surface area contributed by atoms with Crippen molar-refractivity contribution >= 4 is 19.7 Å². The molecule has 0 saturated heterocycles. The van der Waals surface area contributed by atoms with Gasteiger partial charge in [0, 0.05) is 12.8 Å². The third-order valence-corrected chi connectivity index (χ3v) is 13.8. The second-order valence-electron chi connectivity index (χ2n) is 21.1. The van der Waals surface area contributed by atoms with E-state index in [1.807, 2.05) is 39.4 Å². The Morgan fingerprint density at radius 2 is 0.890 bits per heavy atom. The molecule has 0 spiro atoms. The van der Waals surface area contributed by atoms with Crippen molar-refractivity contribution in [1.29, 1.82) is 0 Å². The summed E-state index contributed by atoms with van der Waals surface area (Å²) in [6.45, 7) is 6.83. The number of hydrogen-bond acceptors (Lipinski definition) is 6. The van der Waals surface area contributed by atoms with Gasteiger partial charge in [-0.05, 0) is 89.5 Å². The summed E-state index contributed by atoms with van der Waals surface area (Å²) in [5.74, 6) is -0.605. The van der Waals surface area contributed by atoms with Crippen LogP contribution in [0.3, 0.4) is 0 Å². The van der Waals surface area contributed by atoms with E-state index in [9.17, 15) is 19.0 Å². The van der Waals surface area contributed by atoms with Crippen LogP contribution in [0.1, 0.15) is 252 Å². The fourth-order valence-electron chi connectivity index (χ4n) is 8.22. The van der Waals surface area contributed by atoms with E-state index in [0.29, 0.717) is 17.4 Å². The third-order valence-electron chi connectivity index (χ3n) is 12.8. The fraction of sp³-hybridized carbons (Fsp3) is 0.746. The molecule has 0 fully saturated rings. The zero-order valence-corrected chi connectivity index (χ0v) is 49.0. The van der Waals surface area contributed by atoms with Crippen LogP contribution in [0.25, 0.3) is 0 Å². The maximum absolute atomic E-state index is 13.5. The largest absolute Gasteiger partial charge is 0.472 e. The molecule has 1 amide bonds. The smallest absolute Gasteiger partial charge is 0.456 e. The van der Waals surface area contributed by atoms with Crippen LogP contribution in [0.2, 0.25) is 0 Å². The molecule has 0 rings (SSSR count). The molecule has 73 heavy (non-hydrogen) atoms. The zero-order chi connectivity index (χ0) is 53.6. The minimum Gasteiger partial charge on any atom is -0.456 e. The van der Waals surface area contributed by atoms with Gasteiger partial charge >= 0.3 is 13.8 Å². The molecule has 0 aliphatic carbocycles. The number of hydrogen-bond donors (Lipinski definition) is 2. The van der Waals surface area contributed by atoms with Crippen LogP contribution in [0.5, 0.6) is 0 Å². The molecule has 0 aromatic rings. The molecule has 0 radical (unpaired) electrons. The monoisotopic (exact) mass is 1040 g/mol. The van der Waals surface area contributed by atoms with Gasteiger partial charge in [0.05, 0.1) is 33.8 Å². The molecule has 0 aromatic carbocycles. The molecule has 0 aliphatic rings. The van der Waals surface area contributed by atoms with E-state index in [1.165, 1.54) is 141 Å². The second kappa shape index (κ2) is 52.6. The average Bonchev–Trinajstić information content (AvgIpc) is 3.35. The second-order valence-corrected chi connectivity index (χ2v) is 22.6. The number of rotatable bonds is 53. The lowest BCUT2D eigenvalue weighted by Crippen LogP contribution is -2.47. The number of ether oxygens (including phenoxy) is 1. The van der Waals surface area contributed by atoms with Gasteiger partial charge in [0.2, 0.25) is 5.91 Å². The van der Waals surface area contributed by atoms with Gasteiger partial charge in [-0.25, -0.2) is 4.57 Å². The van der Waals surface area contributed by atoms with Gasteiger partial charge in [-0.2, -0.15) is 0 Å². The minimum absolute atomic E-state index is 0.0238. The summed E-state index contributed by atoms with van der Waals surface area (Å²) in [6, 6.07) is -0.891. The first-order valence-electron chi connectivity index (χ1n) is 29.9. The van der Waals surface area contributed by atoms with E-state index in [1.54, 1.807) is 0 Å². The number of carbonyl (C=O) groups is 2. The molecule has 0 aliphatic heterocycles. The Kier molecular flexibility index (Phi) is 50.6. The van der Waals surface area contributed by atoms with Crippen LogP contribution < -0.4 is 5.32 Å². The van der Waals surface area contributed by atoms with Gasteiger partial charge in [0.15, 0.2) is 0 Å². The quantitative estimate of drug-likeness (QED) is 0.0205. The van der Waals surface area contributed by atoms with Crippen LogP contribution in [0.4, 0.5) is 0 Å². The molecule has 0 saturated carbocycles. The summed E-state index contributed by atoms with van der Waals surface area (Å²) >= 11 is 0. The van der Waals surface area contributed by atoms with Gasteiger partial charge < -0.3 is 19.4 Å². The molecule has 0 bridgehead atoms. The summed E-state index contributed by atoms with van der Waals surface area (Å²) in [5.41, 5.74) is 0. The van der Waals surface area contributed by atoms with Crippen molar-refractivity contribution in [1.82, 2.24) is 5.32 Å². The van der Waals surface area contributed by atoms with Gasteiger partial charge in [0.1, 0.15) is 19.3 Å². The molecular formula is C63H114N2O7P+. The first kappa shape index (κ1) is 70.2. The maximum atomic E-state index is 13.5. The Hall–Kier alpha value is -2.81. The number of allylic oxidation sites excluding steroid dienone is 13. The number of nitrogens with one attached hydrogen (secondary N) is 1. The summed E-state index contributed by atoms with van der Waals surface area (Å²) < 4.78 is 30.6. The number of amides is 1. The molecule has 422 valence electrons. The van der Waals surface area contributed by atoms with Crippen molar-refractivity contribution in [3.05, 3.63) is 85.1 Å². The van der Waals surface area contributed by atoms with Crippen LogP contribution >= 0.6 is 7.82 Å². The Bertz CT molecular complexity index is 1530. The molecule has 10 heteroatoms. The fourth-order valence-corrected chi connectivity index (χ4v) is 8.95. The number of phosphoric ester groups is 1. The highest BCUT2D eigenvalue weighted by Crippen LogP contribution is 2.43. The van der Waals surface area contributed by atoms with Crippen LogP contribution in [-0.4, -0.2) is 74.3 Å². The molecule has 3 unspecified atom stereocenters.